The number of hydrogen-bond acceptors (Lipinski definition) is 4. The lowest BCUT2D eigenvalue weighted by atomic mass is 9.90. The zero-order valence-corrected chi connectivity index (χ0v) is 16.9. The van der Waals surface area contributed by atoms with Crippen molar-refractivity contribution in [3.05, 3.63) is 78.1 Å². The summed E-state index contributed by atoms with van der Waals surface area (Å²) < 4.78 is 1.88. The molecular formula is C23H25N3OS. The molecule has 1 aromatic heterocycles. The molecule has 2 heterocycles. The summed E-state index contributed by atoms with van der Waals surface area (Å²) in [5.41, 5.74) is 3.16. The van der Waals surface area contributed by atoms with Gasteiger partial charge in [-0.05, 0) is 61.5 Å². The van der Waals surface area contributed by atoms with Crippen molar-refractivity contribution >= 4 is 17.5 Å². The summed E-state index contributed by atoms with van der Waals surface area (Å²) in [5.74, 6) is 0.367. The lowest BCUT2D eigenvalue weighted by Crippen LogP contribution is -2.38. The third-order valence-electron chi connectivity index (χ3n) is 5.34. The lowest BCUT2D eigenvalue weighted by Gasteiger charge is -2.32. The van der Waals surface area contributed by atoms with E-state index in [1.54, 1.807) is 18.0 Å². The monoisotopic (exact) mass is 391 g/mol. The Morgan fingerprint density at radius 2 is 2.04 bits per heavy atom. The maximum atomic E-state index is 13.0. The van der Waals surface area contributed by atoms with E-state index in [0.29, 0.717) is 0 Å². The molecule has 0 aliphatic carbocycles. The van der Waals surface area contributed by atoms with E-state index in [2.05, 4.69) is 40.5 Å². The predicted octanol–water partition coefficient (Wildman–Crippen LogP) is 4.69. The second-order valence-electron chi connectivity index (χ2n) is 7.29. The van der Waals surface area contributed by atoms with Gasteiger partial charge >= 0.3 is 0 Å². The van der Waals surface area contributed by atoms with Gasteiger partial charge in [0, 0.05) is 41.9 Å². The zero-order valence-electron chi connectivity index (χ0n) is 16.1. The molecular weight excluding hydrogens is 366 g/mol. The van der Waals surface area contributed by atoms with E-state index in [1.807, 2.05) is 41.2 Å². The number of Topliss-reactive ketones (excluding diaryl/α,β-unsaturated/α-hetero) is 1. The molecule has 1 saturated heterocycles. The van der Waals surface area contributed by atoms with Crippen LogP contribution in [0, 0.1) is 5.92 Å². The van der Waals surface area contributed by atoms with Crippen LogP contribution in [0.25, 0.3) is 5.69 Å². The van der Waals surface area contributed by atoms with Crippen molar-refractivity contribution < 1.29 is 4.79 Å². The first-order chi connectivity index (χ1) is 13.7. The first kappa shape index (κ1) is 19.0. The number of nitrogens with zero attached hydrogens (tertiary/aromatic N) is 3. The molecule has 1 aliphatic rings. The minimum absolute atomic E-state index is 0.0863. The van der Waals surface area contributed by atoms with Gasteiger partial charge in [-0.15, -0.1) is 11.8 Å². The summed E-state index contributed by atoms with van der Waals surface area (Å²) in [6, 6.07) is 18.4. The van der Waals surface area contributed by atoms with Gasteiger partial charge in [-0.2, -0.15) is 5.10 Å². The van der Waals surface area contributed by atoms with Crippen LogP contribution in [0.5, 0.6) is 0 Å². The Kier molecular flexibility index (Phi) is 5.93. The number of benzene rings is 2. The highest BCUT2D eigenvalue weighted by Crippen LogP contribution is 2.24. The van der Waals surface area contributed by atoms with Gasteiger partial charge in [-0.1, -0.05) is 24.3 Å². The van der Waals surface area contributed by atoms with Crippen LogP contribution < -0.4 is 0 Å². The van der Waals surface area contributed by atoms with Gasteiger partial charge in [0.15, 0.2) is 5.78 Å². The number of likely N-dealkylation sites (tertiary alicyclic amines) is 1. The third kappa shape index (κ3) is 4.37. The standard InChI is InChI=1S/C23H25N3OS/c1-28-22-10-8-19(9-11-22)23(27)20-6-3-13-25(17-20)16-18-5-2-7-21(15-18)26-14-4-12-24-26/h2,4-5,7-12,14-15,20H,3,6,13,16-17H2,1H3. The maximum Gasteiger partial charge on any atom is 0.167 e. The maximum absolute atomic E-state index is 13.0. The fourth-order valence-electron chi connectivity index (χ4n) is 3.88. The van der Waals surface area contributed by atoms with Crippen LogP contribution in [0.1, 0.15) is 28.8 Å². The number of rotatable bonds is 6. The summed E-state index contributed by atoms with van der Waals surface area (Å²) in [5, 5.41) is 4.31. The highest BCUT2D eigenvalue weighted by molar-refractivity contribution is 7.98. The van der Waals surface area contributed by atoms with Crippen molar-refractivity contribution in [3.8, 4) is 5.69 Å². The van der Waals surface area contributed by atoms with Crippen LogP contribution >= 0.6 is 11.8 Å². The lowest BCUT2D eigenvalue weighted by molar-refractivity contribution is 0.0811. The Morgan fingerprint density at radius 1 is 1.18 bits per heavy atom. The minimum atomic E-state index is 0.0863. The molecule has 0 radical (unpaired) electrons. The quantitative estimate of drug-likeness (QED) is 0.451. The normalized spacial score (nSPS) is 17.5. The Hall–Kier alpha value is -2.37. The van der Waals surface area contributed by atoms with Crippen molar-refractivity contribution in [3.63, 3.8) is 0 Å². The van der Waals surface area contributed by atoms with E-state index in [-0.39, 0.29) is 11.7 Å². The Morgan fingerprint density at radius 3 is 2.79 bits per heavy atom. The number of carbonyl (C=O) groups is 1. The fourth-order valence-corrected chi connectivity index (χ4v) is 4.29. The zero-order chi connectivity index (χ0) is 19.3. The molecule has 0 spiro atoms. The molecule has 0 bridgehead atoms. The minimum Gasteiger partial charge on any atom is -0.298 e. The number of ketones is 1. The van der Waals surface area contributed by atoms with E-state index in [9.17, 15) is 4.79 Å². The number of aromatic nitrogens is 2. The van der Waals surface area contributed by atoms with Gasteiger partial charge in [0.2, 0.25) is 0 Å². The molecule has 1 aliphatic heterocycles. The molecule has 0 saturated carbocycles. The van der Waals surface area contributed by atoms with E-state index in [0.717, 1.165) is 43.7 Å². The van der Waals surface area contributed by atoms with E-state index in [4.69, 9.17) is 0 Å². The average Bonchev–Trinajstić information content (AvgIpc) is 3.29. The Bertz CT molecular complexity index is 921. The number of hydrogen-bond donors (Lipinski definition) is 0. The predicted molar refractivity (Wildman–Crippen MR) is 114 cm³/mol. The molecule has 0 N–H and O–H groups in total. The van der Waals surface area contributed by atoms with Crippen LogP contribution in [0.3, 0.4) is 0 Å². The smallest absolute Gasteiger partial charge is 0.167 e. The largest absolute Gasteiger partial charge is 0.298 e. The third-order valence-corrected chi connectivity index (χ3v) is 6.08. The second-order valence-corrected chi connectivity index (χ2v) is 8.17. The van der Waals surface area contributed by atoms with Crippen LogP contribution in [-0.4, -0.2) is 39.8 Å². The van der Waals surface area contributed by atoms with Gasteiger partial charge in [0.05, 0.1) is 5.69 Å². The topological polar surface area (TPSA) is 38.1 Å². The second kappa shape index (κ2) is 8.76. The highest BCUT2D eigenvalue weighted by Gasteiger charge is 2.26. The van der Waals surface area contributed by atoms with E-state index in [1.165, 1.54) is 10.5 Å². The first-order valence-electron chi connectivity index (χ1n) is 9.72. The fraction of sp³-hybridized carbons (Fsp3) is 0.304. The summed E-state index contributed by atoms with van der Waals surface area (Å²) in [4.78, 5) is 16.6. The van der Waals surface area contributed by atoms with Gasteiger partial charge in [0.25, 0.3) is 0 Å². The van der Waals surface area contributed by atoms with Crippen LogP contribution in [0.4, 0.5) is 0 Å². The van der Waals surface area contributed by atoms with Gasteiger partial charge in [0.1, 0.15) is 0 Å². The molecule has 1 unspecified atom stereocenters. The molecule has 0 amide bonds. The first-order valence-corrected chi connectivity index (χ1v) is 10.9. The molecule has 4 rings (SSSR count). The van der Waals surface area contributed by atoms with Crippen LogP contribution in [-0.2, 0) is 6.54 Å². The molecule has 5 heteroatoms. The van der Waals surface area contributed by atoms with E-state index < -0.39 is 0 Å². The van der Waals surface area contributed by atoms with Crippen LogP contribution in [0.15, 0.2) is 71.9 Å². The molecule has 1 fully saturated rings. The Labute approximate surface area is 170 Å². The SMILES string of the molecule is CSc1ccc(C(=O)C2CCCN(Cc3cccc(-n4cccn4)c3)C2)cc1. The van der Waals surface area contributed by atoms with Crippen molar-refractivity contribution in [2.24, 2.45) is 5.92 Å². The van der Waals surface area contributed by atoms with Crippen molar-refractivity contribution in [1.82, 2.24) is 14.7 Å². The van der Waals surface area contributed by atoms with Crippen molar-refractivity contribution in [1.29, 1.82) is 0 Å². The molecule has 28 heavy (non-hydrogen) atoms. The summed E-state index contributed by atoms with van der Waals surface area (Å²) in [7, 11) is 0. The summed E-state index contributed by atoms with van der Waals surface area (Å²) in [6.45, 7) is 2.74. The molecule has 3 aromatic rings. The van der Waals surface area contributed by atoms with Crippen molar-refractivity contribution in [2.45, 2.75) is 24.3 Å². The molecule has 4 nitrogen and oxygen atoms in total. The summed E-state index contributed by atoms with van der Waals surface area (Å²) >= 11 is 1.70. The molecule has 2 aromatic carbocycles. The average molecular weight is 392 g/mol. The number of piperidine rings is 1. The summed E-state index contributed by atoms with van der Waals surface area (Å²) in [6.07, 6.45) is 7.85. The van der Waals surface area contributed by atoms with Gasteiger partial charge in [-0.25, -0.2) is 4.68 Å². The van der Waals surface area contributed by atoms with E-state index >= 15 is 0 Å². The number of carbonyl (C=O) groups excluding carboxylic acids is 1. The Balaban J connectivity index is 1.42. The molecule has 1 atom stereocenters. The number of thioether (sulfide) groups is 1. The van der Waals surface area contributed by atoms with Gasteiger partial charge < -0.3 is 0 Å². The highest BCUT2D eigenvalue weighted by atomic mass is 32.2. The molecule has 144 valence electrons. The van der Waals surface area contributed by atoms with Crippen LogP contribution in [0.2, 0.25) is 0 Å². The van der Waals surface area contributed by atoms with Crippen molar-refractivity contribution in [2.75, 3.05) is 19.3 Å². The van der Waals surface area contributed by atoms with Gasteiger partial charge in [-0.3, -0.25) is 9.69 Å².